The number of nitrogens with zero attached hydrogens (tertiary/aromatic N) is 1. The minimum atomic E-state index is -0.193. The molecule has 17 heavy (non-hydrogen) atoms. The van der Waals surface area contributed by atoms with Gasteiger partial charge in [0.25, 0.3) is 0 Å². The van der Waals surface area contributed by atoms with E-state index >= 15 is 0 Å². The van der Waals surface area contributed by atoms with Crippen molar-refractivity contribution in [2.24, 2.45) is 5.92 Å². The predicted octanol–water partition coefficient (Wildman–Crippen LogP) is 2.91. The molecule has 1 aliphatic heterocycles. The maximum atomic E-state index is 13.9. The third kappa shape index (κ3) is 2.72. The smallest absolute Gasteiger partial charge is 0.146 e. The van der Waals surface area contributed by atoms with Gasteiger partial charge in [0.2, 0.25) is 0 Å². The molecule has 0 aromatic heterocycles. The van der Waals surface area contributed by atoms with Crippen molar-refractivity contribution in [1.29, 1.82) is 0 Å². The molecule has 0 bridgehead atoms. The van der Waals surface area contributed by atoms with Crippen molar-refractivity contribution in [2.45, 2.75) is 19.9 Å². The third-order valence-corrected chi connectivity index (χ3v) is 3.51. The first-order valence-corrected chi connectivity index (χ1v) is 6.40. The van der Waals surface area contributed by atoms with Crippen LogP contribution in [-0.4, -0.2) is 25.7 Å². The second-order valence-electron chi connectivity index (χ2n) is 4.80. The van der Waals surface area contributed by atoms with E-state index < -0.39 is 0 Å². The van der Waals surface area contributed by atoms with Gasteiger partial charge in [-0.05, 0) is 24.1 Å². The van der Waals surface area contributed by atoms with Crippen molar-refractivity contribution in [1.82, 2.24) is 5.32 Å². The Hall–Kier alpha value is -0.800. The number of hydrogen-bond donors (Lipinski definition) is 1. The van der Waals surface area contributed by atoms with Gasteiger partial charge in [0, 0.05) is 30.7 Å². The number of hydrogen-bond acceptors (Lipinski definition) is 2. The Morgan fingerprint density at radius 1 is 1.47 bits per heavy atom. The summed E-state index contributed by atoms with van der Waals surface area (Å²) in [6.45, 7) is 6.92. The van der Waals surface area contributed by atoms with Crippen LogP contribution in [0.1, 0.15) is 13.8 Å². The molecule has 0 saturated carbocycles. The van der Waals surface area contributed by atoms with E-state index in [-0.39, 0.29) is 5.82 Å². The molecule has 1 unspecified atom stereocenters. The molecule has 0 radical (unpaired) electrons. The second-order valence-corrected chi connectivity index (χ2v) is 5.24. The first-order chi connectivity index (χ1) is 8.09. The fraction of sp³-hybridized carbons (Fsp3) is 0.538. The molecule has 1 aromatic carbocycles. The van der Waals surface area contributed by atoms with Gasteiger partial charge in [-0.15, -0.1) is 0 Å². The van der Waals surface area contributed by atoms with Crippen LogP contribution >= 0.6 is 11.6 Å². The van der Waals surface area contributed by atoms with Crippen LogP contribution < -0.4 is 10.2 Å². The number of piperazine rings is 1. The van der Waals surface area contributed by atoms with E-state index in [1.54, 1.807) is 12.1 Å². The Balaban J connectivity index is 2.32. The summed E-state index contributed by atoms with van der Waals surface area (Å²) in [5.74, 6) is 0.281. The number of halogens is 2. The molecule has 94 valence electrons. The summed E-state index contributed by atoms with van der Waals surface area (Å²) >= 11 is 5.95. The van der Waals surface area contributed by atoms with Gasteiger partial charge in [-0.25, -0.2) is 4.39 Å². The molecule has 1 aliphatic rings. The molecule has 2 nitrogen and oxygen atoms in total. The van der Waals surface area contributed by atoms with Crippen LogP contribution in [0, 0.1) is 11.7 Å². The van der Waals surface area contributed by atoms with Crippen molar-refractivity contribution < 1.29 is 4.39 Å². The Bertz CT molecular complexity index is 395. The van der Waals surface area contributed by atoms with E-state index in [1.807, 2.05) is 0 Å². The highest BCUT2D eigenvalue weighted by Gasteiger charge is 2.26. The van der Waals surface area contributed by atoms with Gasteiger partial charge in [-0.3, -0.25) is 0 Å². The number of nitrogens with one attached hydrogen (secondary N) is 1. The Labute approximate surface area is 107 Å². The van der Waals surface area contributed by atoms with Crippen molar-refractivity contribution in [2.75, 3.05) is 24.5 Å². The van der Waals surface area contributed by atoms with Crippen LogP contribution in [0.15, 0.2) is 18.2 Å². The number of benzene rings is 1. The Morgan fingerprint density at radius 3 is 2.94 bits per heavy atom. The summed E-state index contributed by atoms with van der Waals surface area (Å²) in [6.07, 6.45) is 0. The number of anilines is 1. The molecular formula is C13H18ClFN2. The standard InChI is InChI=1S/C13H18ClFN2/c1-9(2)13-8-16-5-6-17(13)12-7-10(14)3-4-11(12)15/h3-4,7,9,13,16H,5-6,8H2,1-2H3. The lowest BCUT2D eigenvalue weighted by molar-refractivity contribution is 0.386. The van der Waals surface area contributed by atoms with Crippen molar-refractivity contribution in [3.05, 3.63) is 29.0 Å². The van der Waals surface area contributed by atoms with Gasteiger partial charge in [-0.2, -0.15) is 0 Å². The van der Waals surface area contributed by atoms with Gasteiger partial charge >= 0.3 is 0 Å². The van der Waals surface area contributed by atoms with Crippen LogP contribution in [0.25, 0.3) is 0 Å². The van der Waals surface area contributed by atoms with E-state index in [0.29, 0.717) is 22.7 Å². The highest BCUT2D eigenvalue weighted by Crippen LogP contribution is 2.28. The summed E-state index contributed by atoms with van der Waals surface area (Å²) in [7, 11) is 0. The Kier molecular flexibility index (Phi) is 3.89. The SMILES string of the molecule is CC(C)C1CNCCN1c1cc(Cl)ccc1F. The second kappa shape index (κ2) is 5.23. The molecule has 1 atom stereocenters. The zero-order valence-corrected chi connectivity index (χ0v) is 11.0. The predicted molar refractivity (Wildman–Crippen MR) is 70.3 cm³/mol. The molecule has 1 N–H and O–H groups in total. The van der Waals surface area contributed by atoms with Gasteiger partial charge in [0.05, 0.1) is 5.69 Å². The molecule has 4 heteroatoms. The first kappa shape index (κ1) is 12.7. The topological polar surface area (TPSA) is 15.3 Å². The minimum Gasteiger partial charge on any atom is -0.363 e. The van der Waals surface area contributed by atoms with Crippen molar-refractivity contribution in [3.63, 3.8) is 0 Å². The van der Waals surface area contributed by atoms with E-state index in [1.165, 1.54) is 6.07 Å². The van der Waals surface area contributed by atoms with Gasteiger partial charge < -0.3 is 10.2 Å². The van der Waals surface area contributed by atoms with Crippen LogP contribution in [0.3, 0.4) is 0 Å². The van der Waals surface area contributed by atoms with E-state index in [0.717, 1.165) is 19.6 Å². The summed E-state index contributed by atoms with van der Waals surface area (Å²) in [5, 5.41) is 3.94. The first-order valence-electron chi connectivity index (χ1n) is 6.02. The van der Waals surface area contributed by atoms with Crippen LogP contribution in [0.4, 0.5) is 10.1 Å². The quantitative estimate of drug-likeness (QED) is 0.875. The normalized spacial score (nSPS) is 21.0. The highest BCUT2D eigenvalue weighted by molar-refractivity contribution is 6.30. The molecule has 1 fully saturated rings. The molecule has 0 spiro atoms. The lowest BCUT2D eigenvalue weighted by Gasteiger charge is -2.40. The molecule has 1 saturated heterocycles. The third-order valence-electron chi connectivity index (χ3n) is 3.27. The van der Waals surface area contributed by atoms with Gasteiger partial charge in [0.15, 0.2) is 0 Å². The summed E-state index contributed by atoms with van der Waals surface area (Å²) in [4.78, 5) is 2.13. The zero-order chi connectivity index (χ0) is 12.4. The van der Waals surface area contributed by atoms with E-state index in [2.05, 4.69) is 24.1 Å². The summed E-state index contributed by atoms with van der Waals surface area (Å²) in [6, 6.07) is 5.07. The zero-order valence-electron chi connectivity index (χ0n) is 10.2. The molecular weight excluding hydrogens is 239 g/mol. The number of rotatable bonds is 2. The molecule has 1 heterocycles. The van der Waals surface area contributed by atoms with Crippen LogP contribution in [0.5, 0.6) is 0 Å². The highest BCUT2D eigenvalue weighted by atomic mass is 35.5. The van der Waals surface area contributed by atoms with Gasteiger partial charge in [0.1, 0.15) is 5.82 Å². The van der Waals surface area contributed by atoms with E-state index in [9.17, 15) is 4.39 Å². The fourth-order valence-corrected chi connectivity index (χ4v) is 2.49. The summed E-state index contributed by atoms with van der Waals surface area (Å²) in [5.41, 5.74) is 0.623. The molecule has 0 aliphatic carbocycles. The molecule has 1 aromatic rings. The lowest BCUT2D eigenvalue weighted by Crippen LogP contribution is -2.54. The van der Waals surface area contributed by atoms with Crippen LogP contribution in [-0.2, 0) is 0 Å². The minimum absolute atomic E-state index is 0.193. The van der Waals surface area contributed by atoms with Gasteiger partial charge in [-0.1, -0.05) is 25.4 Å². The van der Waals surface area contributed by atoms with E-state index in [4.69, 9.17) is 11.6 Å². The maximum absolute atomic E-state index is 13.9. The largest absolute Gasteiger partial charge is 0.363 e. The molecule has 0 amide bonds. The average molecular weight is 257 g/mol. The van der Waals surface area contributed by atoms with Crippen LogP contribution in [0.2, 0.25) is 5.02 Å². The monoisotopic (exact) mass is 256 g/mol. The summed E-state index contributed by atoms with van der Waals surface area (Å²) < 4.78 is 13.9. The Morgan fingerprint density at radius 2 is 2.24 bits per heavy atom. The fourth-order valence-electron chi connectivity index (χ4n) is 2.33. The molecule has 2 rings (SSSR count). The lowest BCUT2D eigenvalue weighted by atomic mass is 9.99. The van der Waals surface area contributed by atoms with Crippen molar-refractivity contribution in [3.8, 4) is 0 Å². The average Bonchev–Trinajstić information content (AvgIpc) is 2.32. The van der Waals surface area contributed by atoms with Crippen molar-refractivity contribution >= 4 is 17.3 Å². The maximum Gasteiger partial charge on any atom is 0.146 e.